The number of ether oxygens (including phenoxy) is 1. The van der Waals surface area contributed by atoms with Gasteiger partial charge in [0.05, 0.1) is 4.91 Å². The van der Waals surface area contributed by atoms with Gasteiger partial charge in [-0.3, -0.25) is 0 Å². The fraction of sp³-hybridized carbons (Fsp3) is 0.158. The van der Waals surface area contributed by atoms with Crippen LogP contribution in [0.25, 0.3) is 5.76 Å². The highest BCUT2D eigenvalue weighted by Gasteiger charge is 2.16. The van der Waals surface area contributed by atoms with E-state index in [1.54, 1.807) is 17.8 Å². The maximum atomic E-state index is 10.3. The first-order valence-electron chi connectivity index (χ1n) is 7.23. The van der Waals surface area contributed by atoms with Gasteiger partial charge in [0, 0.05) is 17.4 Å². The maximum Gasteiger partial charge on any atom is 0.132 e. The molecule has 1 aliphatic rings. The minimum atomic E-state index is 0.309. The summed E-state index contributed by atoms with van der Waals surface area (Å²) in [6.07, 6.45) is 1.71. The molecule has 2 aromatic rings. The molecule has 0 atom stereocenters. The molecule has 2 nitrogen and oxygen atoms in total. The molecule has 0 fully saturated rings. The van der Waals surface area contributed by atoms with Gasteiger partial charge in [0.1, 0.15) is 18.1 Å². The van der Waals surface area contributed by atoms with Crippen molar-refractivity contribution < 1.29 is 9.84 Å². The van der Waals surface area contributed by atoms with E-state index < -0.39 is 0 Å². The van der Waals surface area contributed by atoms with Crippen molar-refractivity contribution in [1.29, 1.82) is 0 Å². The molecular formula is C19H18O2S. The molecule has 22 heavy (non-hydrogen) atoms. The van der Waals surface area contributed by atoms with Crippen LogP contribution in [-0.4, -0.2) is 11.7 Å². The van der Waals surface area contributed by atoms with Crippen LogP contribution >= 0.6 is 11.8 Å². The fourth-order valence-electron chi connectivity index (χ4n) is 2.29. The molecule has 0 saturated heterocycles. The molecule has 1 aliphatic heterocycles. The van der Waals surface area contributed by atoms with Crippen molar-refractivity contribution in [3.8, 4) is 0 Å². The highest BCUT2D eigenvalue weighted by Crippen LogP contribution is 2.32. The number of rotatable bonds is 4. The zero-order valence-electron chi connectivity index (χ0n) is 12.5. The summed E-state index contributed by atoms with van der Waals surface area (Å²) in [4.78, 5) is 0.878. The van der Waals surface area contributed by atoms with E-state index in [1.165, 1.54) is 11.1 Å². The van der Waals surface area contributed by atoms with E-state index in [9.17, 15) is 5.11 Å². The second-order valence-corrected chi connectivity index (χ2v) is 6.26. The molecule has 0 amide bonds. The molecule has 0 bridgehead atoms. The summed E-state index contributed by atoms with van der Waals surface area (Å²) in [6.45, 7) is 2.53. The van der Waals surface area contributed by atoms with E-state index in [0.717, 1.165) is 22.0 Å². The lowest BCUT2D eigenvalue weighted by Gasteiger charge is -2.18. The lowest BCUT2D eigenvalue weighted by atomic mass is 10.1. The Morgan fingerprint density at radius 3 is 2.50 bits per heavy atom. The SMILES string of the molecule is Cc1ccccc1CSC1=C(O)C=C(c2ccccc2)OC1. The number of hydrogen-bond acceptors (Lipinski definition) is 3. The number of allylic oxidation sites excluding steroid dienone is 1. The van der Waals surface area contributed by atoms with Crippen molar-refractivity contribution in [2.75, 3.05) is 6.61 Å². The van der Waals surface area contributed by atoms with Crippen molar-refractivity contribution in [1.82, 2.24) is 0 Å². The summed E-state index contributed by atoms with van der Waals surface area (Å²) >= 11 is 1.63. The Bertz CT molecular complexity index is 717. The molecule has 0 aromatic heterocycles. The van der Waals surface area contributed by atoms with E-state index in [-0.39, 0.29) is 0 Å². The first-order valence-corrected chi connectivity index (χ1v) is 8.22. The average Bonchev–Trinajstić information content (AvgIpc) is 2.56. The summed E-state index contributed by atoms with van der Waals surface area (Å²) in [6, 6.07) is 18.2. The average molecular weight is 310 g/mol. The topological polar surface area (TPSA) is 29.5 Å². The summed E-state index contributed by atoms with van der Waals surface area (Å²) < 4.78 is 5.79. The predicted molar refractivity (Wildman–Crippen MR) is 92.5 cm³/mol. The van der Waals surface area contributed by atoms with Crippen molar-refractivity contribution in [3.63, 3.8) is 0 Å². The summed E-state index contributed by atoms with van der Waals surface area (Å²) in [5.74, 6) is 1.87. The number of aliphatic hydroxyl groups excluding tert-OH is 1. The van der Waals surface area contributed by atoms with Gasteiger partial charge in [0.2, 0.25) is 0 Å². The molecular weight excluding hydrogens is 292 g/mol. The first kappa shape index (κ1) is 14.8. The highest BCUT2D eigenvalue weighted by molar-refractivity contribution is 8.02. The minimum absolute atomic E-state index is 0.309. The molecule has 1 heterocycles. The highest BCUT2D eigenvalue weighted by atomic mass is 32.2. The van der Waals surface area contributed by atoms with Crippen molar-refractivity contribution in [2.45, 2.75) is 12.7 Å². The Labute approximate surface area is 135 Å². The number of aliphatic hydroxyl groups is 1. The van der Waals surface area contributed by atoms with Gasteiger partial charge in [-0.1, -0.05) is 54.6 Å². The van der Waals surface area contributed by atoms with Gasteiger partial charge in [-0.05, 0) is 18.1 Å². The van der Waals surface area contributed by atoms with E-state index in [1.807, 2.05) is 42.5 Å². The van der Waals surface area contributed by atoms with Crippen LogP contribution < -0.4 is 0 Å². The normalized spacial score (nSPS) is 14.5. The second kappa shape index (κ2) is 6.75. The summed E-state index contributed by atoms with van der Waals surface area (Å²) in [5.41, 5.74) is 3.54. The van der Waals surface area contributed by atoms with E-state index in [2.05, 4.69) is 19.1 Å². The first-order chi connectivity index (χ1) is 10.7. The van der Waals surface area contributed by atoms with Crippen LogP contribution in [0.3, 0.4) is 0 Å². The van der Waals surface area contributed by atoms with Crippen LogP contribution in [0.2, 0.25) is 0 Å². The van der Waals surface area contributed by atoms with Crippen molar-refractivity contribution in [2.24, 2.45) is 0 Å². The van der Waals surface area contributed by atoms with Gasteiger partial charge in [0.25, 0.3) is 0 Å². The Balaban J connectivity index is 1.73. The van der Waals surface area contributed by atoms with Crippen LogP contribution in [0.5, 0.6) is 0 Å². The van der Waals surface area contributed by atoms with Gasteiger partial charge < -0.3 is 9.84 Å². The maximum absolute atomic E-state index is 10.3. The Morgan fingerprint density at radius 2 is 1.77 bits per heavy atom. The van der Waals surface area contributed by atoms with E-state index in [4.69, 9.17) is 4.74 Å². The molecule has 0 saturated carbocycles. The molecule has 2 aromatic carbocycles. The van der Waals surface area contributed by atoms with Crippen molar-refractivity contribution >= 4 is 17.5 Å². The smallest absolute Gasteiger partial charge is 0.132 e. The van der Waals surface area contributed by atoms with Crippen LogP contribution in [0.1, 0.15) is 16.7 Å². The van der Waals surface area contributed by atoms with Crippen molar-refractivity contribution in [3.05, 3.63) is 88.0 Å². The lowest BCUT2D eigenvalue weighted by molar-refractivity contribution is 0.295. The molecule has 1 N–H and O–H groups in total. The Morgan fingerprint density at radius 1 is 1.05 bits per heavy atom. The van der Waals surface area contributed by atoms with Crippen LogP contribution in [-0.2, 0) is 10.5 Å². The van der Waals surface area contributed by atoms with Crippen LogP contribution in [0, 0.1) is 6.92 Å². The summed E-state index contributed by atoms with van der Waals surface area (Å²) in [7, 11) is 0. The standard InChI is InChI=1S/C19H18O2S/c1-14-7-5-6-10-16(14)13-22-19-12-21-18(11-17(19)20)15-8-3-2-4-9-15/h2-11,20H,12-13H2,1H3. The van der Waals surface area contributed by atoms with Crippen LogP contribution in [0.4, 0.5) is 0 Å². The number of hydrogen-bond donors (Lipinski definition) is 1. The third kappa shape index (κ3) is 3.37. The zero-order chi connectivity index (χ0) is 15.4. The monoisotopic (exact) mass is 310 g/mol. The Kier molecular flexibility index (Phi) is 4.54. The third-order valence-electron chi connectivity index (χ3n) is 3.63. The van der Waals surface area contributed by atoms with Gasteiger partial charge in [-0.25, -0.2) is 0 Å². The largest absolute Gasteiger partial charge is 0.507 e. The Hall–Kier alpha value is -2.13. The van der Waals surface area contributed by atoms with E-state index >= 15 is 0 Å². The molecule has 3 rings (SSSR count). The van der Waals surface area contributed by atoms with Gasteiger partial charge in [0.15, 0.2) is 0 Å². The number of benzene rings is 2. The second-order valence-electron chi connectivity index (χ2n) is 5.19. The molecule has 0 radical (unpaired) electrons. The molecule has 3 heteroatoms. The fourth-order valence-corrected chi connectivity index (χ4v) is 3.29. The molecule has 0 aliphatic carbocycles. The predicted octanol–water partition coefficient (Wildman–Crippen LogP) is 5.07. The molecule has 0 spiro atoms. The quantitative estimate of drug-likeness (QED) is 0.855. The van der Waals surface area contributed by atoms with Gasteiger partial charge >= 0.3 is 0 Å². The molecule has 112 valence electrons. The lowest BCUT2D eigenvalue weighted by Crippen LogP contribution is -2.05. The number of thioether (sulfide) groups is 1. The zero-order valence-corrected chi connectivity index (χ0v) is 13.3. The summed E-state index contributed by atoms with van der Waals surface area (Å²) in [5, 5.41) is 10.3. The van der Waals surface area contributed by atoms with Gasteiger partial charge in [-0.2, -0.15) is 0 Å². The van der Waals surface area contributed by atoms with Gasteiger partial charge in [-0.15, -0.1) is 11.8 Å². The third-order valence-corrected chi connectivity index (χ3v) is 4.76. The number of aryl methyl sites for hydroxylation is 1. The van der Waals surface area contributed by atoms with E-state index in [0.29, 0.717) is 12.4 Å². The van der Waals surface area contributed by atoms with Crippen LogP contribution in [0.15, 0.2) is 71.3 Å². The molecule has 0 unspecified atom stereocenters. The minimum Gasteiger partial charge on any atom is -0.507 e.